The highest BCUT2D eigenvalue weighted by atomic mass is 35.5. The van der Waals surface area contributed by atoms with Gasteiger partial charge in [-0.05, 0) is 37.6 Å². The number of furan rings is 1. The Balaban J connectivity index is 2.01. The zero-order valence-corrected chi connectivity index (χ0v) is 12.8. The summed E-state index contributed by atoms with van der Waals surface area (Å²) in [5, 5.41) is 3.90. The Morgan fingerprint density at radius 2 is 1.86 bits per heavy atom. The van der Waals surface area contributed by atoms with Crippen LogP contribution >= 0.6 is 11.6 Å². The molecule has 1 aromatic heterocycles. The van der Waals surface area contributed by atoms with Crippen LogP contribution in [0, 0.1) is 19.7 Å². The molecular formula is C17H13ClFNO2. The van der Waals surface area contributed by atoms with Crippen molar-refractivity contribution < 1.29 is 13.6 Å². The minimum absolute atomic E-state index is 0.0907. The molecule has 3 nitrogen and oxygen atoms in total. The van der Waals surface area contributed by atoms with Gasteiger partial charge in [0, 0.05) is 21.7 Å². The van der Waals surface area contributed by atoms with E-state index in [1.807, 2.05) is 6.92 Å². The van der Waals surface area contributed by atoms with Gasteiger partial charge < -0.3 is 9.73 Å². The predicted molar refractivity (Wildman–Crippen MR) is 85.1 cm³/mol. The Morgan fingerprint density at radius 1 is 1.14 bits per heavy atom. The second-order valence-corrected chi connectivity index (χ2v) is 5.45. The van der Waals surface area contributed by atoms with Crippen molar-refractivity contribution >= 4 is 34.2 Å². The van der Waals surface area contributed by atoms with Crippen molar-refractivity contribution in [1.29, 1.82) is 0 Å². The molecule has 0 saturated heterocycles. The smallest absolute Gasteiger partial charge is 0.291 e. The molecule has 0 aliphatic rings. The van der Waals surface area contributed by atoms with E-state index in [1.54, 1.807) is 37.3 Å². The van der Waals surface area contributed by atoms with E-state index in [-0.39, 0.29) is 11.3 Å². The first-order valence-corrected chi connectivity index (χ1v) is 7.11. The summed E-state index contributed by atoms with van der Waals surface area (Å²) in [5.74, 6) is -0.823. The van der Waals surface area contributed by atoms with Crippen molar-refractivity contribution in [2.45, 2.75) is 13.8 Å². The molecule has 0 aliphatic carbocycles. The first-order chi connectivity index (χ1) is 10.5. The van der Waals surface area contributed by atoms with Crippen LogP contribution in [0.4, 0.5) is 10.1 Å². The van der Waals surface area contributed by atoms with Gasteiger partial charge in [0.25, 0.3) is 5.91 Å². The molecule has 1 N–H and O–H groups in total. The summed E-state index contributed by atoms with van der Waals surface area (Å²) in [4.78, 5) is 12.4. The number of fused-ring (bicyclic) bond motifs is 1. The molecule has 0 radical (unpaired) electrons. The maximum atomic E-state index is 13.7. The van der Waals surface area contributed by atoms with Crippen molar-refractivity contribution in [2.24, 2.45) is 0 Å². The van der Waals surface area contributed by atoms with E-state index >= 15 is 0 Å². The Kier molecular flexibility index (Phi) is 3.62. The van der Waals surface area contributed by atoms with Crippen molar-refractivity contribution in [3.05, 3.63) is 64.1 Å². The van der Waals surface area contributed by atoms with Gasteiger partial charge in [-0.25, -0.2) is 4.39 Å². The molecule has 5 heteroatoms. The van der Waals surface area contributed by atoms with Crippen LogP contribution in [0.3, 0.4) is 0 Å². The number of carbonyl (C=O) groups excluding carboxylic acids is 1. The molecular weight excluding hydrogens is 305 g/mol. The van der Waals surface area contributed by atoms with Crippen LogP contribution in [-0.4, -0.2) is 5.91 Å². The first-order valence-electron chi connectivity index (χ1n) is 6.73. The van der Waals surface area contributed by atoms with Crippen LogP contribution in [-0.2, 0) is 0 Å². The third kappa shape index (κ3) is 2.35. The molecule has 1 heterocycles. The highest BCUT2D eigenvalue weighted by molar-refractivity contribution is 6.31. The average molecular weight is 318 g/mol. The van der Waals surface area contributed by atoms with Crippen LogP contribution < -0.4 is 5.32 Å². The maximum Gasteiger partial charge on any atom is 0.291 e. The Morgan fingerprint density at radius 3 is 2.59 bits per heavy atom. The summed E-state index contributed by atoms with van der Waals surface area (Å²) >= 11 is 6.04. The second kappa shape index (κ2) is 5.46. The Bertz CT molecular complexity index is 886. The normalized spacial score (nSPS) is 10.9. The number of hydrogen-bond acceptors (Lipinski definition) is 2. The van der Waals surface area contributed by atoms with Gasteiger partial charge in [-0.3, -0.25) is 4.79 Å². The fraction of sp³-hybridized carbons (Fsp3) is 0.118. The molecule has 0 fully saturated rings. The van der Waals surface area contributed by atoms with Gasteiger partial charge >= 0.3 is 0 Å². The standard InChI is InChI=1S/C17H13ClFNO2/c1-9-11-5-3-7-13(19)16(11)22-15(9)17(21)20-14-8-4-6-12(18)10(14)2/h3-8H,1-2H3,(H,20,21). The molecule has 0 bridgehead atoms. The van der Waals surface area contributed by atoms with Crippen molar-refractivity contribution in [3.8, 4) is 0 Å². The SMILES string of the molecule is Cc1c(Cl)cccc1NC(=O)c1oc2c(F)cccc2c1C. The topological polar surface area (TPSA) is 42.2 Å². The molecule has 0 saturated carbocycles. The van der Waals surface area contributed by atoms with Crippen LogP contribution in [0.15, 0.2) is 40.8 Å². The zero-order valence-electron chi connectivity index (χ0n) is 12.0. The number of halogens is 2. The van der Waals surface area contributed by atoms with E-state index in [0.29, 0.717) is 21.7 Å². The molecule has 112 valence electrons. The van der Waals surface area contributed by atoms with Gasteiger partial charge in [0.2, 0.25) is 0 Å². The number of amides is 1. The van der Waals surface area contributed by atoms with E-state index in [9.17, 15) is 9.18 Å². The minimum atomic E-state index is -0.487. The lowest BCUT2D eigenvalue weighted by molar-refractivity contribution is 0.0997. The minimum Gasteiger partial charge on any atom is -0.448 e. The fourth-order valence-corrected chi connectivity index (χ4v) is 2.52. The number of nitrogens with one attached hydrogen (secondary N) is 1. The molecule has 0 aliphatic heterocycles. The largest absolute Gasteiger partial charge is 0.448 e. The number of aryl methyl sites for hydroxylation is 1. The lowest BCUT2D eigenvalue weighted by atomic mass is 10.1. The van der Waals surface area contributed by atoms with Crippen molar-refractivity contribution in [2.75, 3.05) is 5.32 Å². The van der Waals surface area contributed by atoms with E-state index in [1.165, 1.54) is 6.07 Å². The lowest BCUT2D eigenvalue weighted by Gasteiger charge is -2.08. The van der Waals surface area contributed by atoms with Gasteiger partial charge in [0.1, 0.15) is 0 Å². The summed E-state index contributed by atoms with van der Waals surface area (Å²) in [6, 6.07) is 9.85. The third-order valence-corrected chi connectivity index (χ3v) is 4.05. The summed E-state index contributed by atoms with van der Waals surface area (Å²) in [6.07, 6.45) is 0. The number of carbonyl (C=O) groups is 1. The molecule has 2 aromatic carbocycles. The summed E-state index contributed by atoms with van der Waals surface area (Å²) in [6.45, 7) is 3.54. The Hall–Kier alpha value is -2.33. The number of hydrogen-bond donors (Lipinski definition) is 1. The second-order valence-electron chi connectivity index (χ2n) is 5.04. The summed E-state index contributed by atoms with van der Waals surface area (Å²) in [7, 11) is 0. The van der Waals surface area contributed by atoms with Crippen molar-refractivity contribution in [3.63, 3.8) is 0 Å². The Labute approximate surface area is 131 Å². The van der Waals surface area contributed by atoms with Gasteiger partial charge in [0.05, 0.1) is 0 Å². The summed E-state index contributed by atoms with van der Waals surface area (Å²) in [5.41, 5.74) is 2.05. The van der Waals surface area contributed by atoms with Gasteiger partial charge in [-0.1, -0.05) is 29.8 Å². The number of benzene rings is 2. The van der Waals surface area contributed by atoms with Crippen LogP contribution in [0.25, 0.3) is 11.0 Å². The number of anilines is 1. The molecule has 3 rings (SSSR count). The highest BCUT2D eigenvalue weighted by Crippen LogP contribution is 2.29. The average Bonchev–Trinajstić information content (AvgIpc) is 2.83. The monoisotopic (exact) mass is 317 g/mol. The van der Waals surface area contributed by atoms with Crippen LogP contribution in [0.5, 0.6) is 0 Å². The molecule has 0 spiro atoms. The van der Waals surface area contributed by atoms with Gasteiger partial charge in [0.15, 0.2) is 17.2 Å². The van der Waals surface area contributed by atoms with Crippen molar-refractivity contribution in [1.82, 2.24) is 0 Å². The molecule has 0 unspecified atom stereocenters. The maximum absolute atomic E-state index is 13.7. The summed E-state index contributed by atoms with van der Waals surface area (Å²) < 4.78 is 19.2. The lowest BCUT2D eigenvalue weighted by Crippen LogP contribution is -2.13. The van der Waals surface area contributed by atoms with Gasteiger partial charge in [-0.2, -0.15) is 0 Å². The fourth-order valence-electron chi connectivity index (χ4n) is 2.35. The van der Waals surface area contributed by atoms with E-state index in [4.69, 9.17) is 16.0 Å². The number of para-hydroxylation sites is 1. The highest BCUT2D eigenvalue weighted by Gasteiger charge is 2.20. The van der Waals surface area contributed by atoms with Crippen LogP contribution in [0.1, 0.15) is 21.7 Å². The molecule has 22 heavy (non-hydrogen) atoms. The van der Waals surface area contributed by atoms with E-state index < -0.39 is 11.7 Å². The zero-order chi connectivity index (χ0) is 15.9. The molecule has 1 amide bonds. The number of rotatable bonds is 2. The molecule has 3 aromatic rings. The van der Waals surface area contributed by atoms with Crippen LogP contribution in [0.2, 0.25) is 5.02 Å². The van der Waals surface area contributed by atoms with E-state index in [0.717, 1.165) is 5.56 Å². The quantitative estimate of drug-likeness (QED) is 0.715. The third-order valence-electron chi connectivity index (χ3n) is 3.64. The molecule has 0 atom stereocenters. The first kappa shape index (κ1) is 14.6. The van der Waals surface area contributed by atoms with Gasteiger partial charge in [-0.15, -0.1) is 0 Å². The predicted octanol–water partition coefficient (Wildman–Crippen LogP) is 5.09. The van der Waals surface area contributed by atoms with E-state index in [2.05, 4.69) is 5.32 Å².